The average Bonchev–Trinajstić information content (AvgIpc) is 2.42. The van der Waals surface area contributed by atoms with Gasteiger partial charge >= 0.3 is 0 Å². The molecule has 20 heavy (non-hydrogen) atoms. The van der Waals surface area contributed by atoms with E-state index in [1.165, 1.54) is 31.2 Å². The first-order chi connectivity index (χ1) is 9.61. The number of nitrogen functional groups attached to an aromatic ring is 1. The van der Waals surface area contributed by atoms with Crippen LogP contribution in [0.15, 0.2) is 18.2 Å². The SMILES string of the molecule is CCOc1ccc(N)cc1CN(C)C1CCCCC1C. The second-order valence-electron chi connectivity index (χ2n) is 6.04. The van der Waals surface area contributed by atoms with Crippen LogP contribution < -0.4 is 10.5 Å². The smallest absolute Gasteiger partial charge is 0.123 e. The van der Waals surface area contributed by atoms with Gasteiger partial charge in [0.05, 0.1) is 6.61 Å². The fourth-order valence-corrected chi connectivity index (χ4v) is 3.36. The Morgan fingerprint density at radius 1 is 1.30 bits per heavy atom. The van der Waals surface area contributed by atoms with Gasteiger partial charge in [-0.05, 0) is 50.9 Å². The summed E-state index contributed by atoms with van der Waals surface area (Å²) in [5.74, 6) is 1.75. The van der Waals surface area contributed by atoms with Crippen LogP contribution in [-0.4, -0.2) is 24.6 Å². The summed E-state index contributed by atoms with van der Waals surface area (Å²) in [6.07, 6.45) is 5.40. The molecule has 2 N–H and O–H groups in total. The van der Waals surface area contributed by atoms with E-state index < -0.39 is 0 Å². The van der Waals surface area contributed by atoms with Gasteiger partial charge in [0.2, 0.25) is 0 Å². The summed E-state index contributed by atoms with van der Waals surface area (Å²) in [4.78, 5) is 2.47. The second kappa shape index (κ2) is 6.98. The lowest BCUT2D eigenvalue weighted by Gasteiger charge is -2.36. The van der Waals surface area contributed by atoms with Crippen molar-refractivity contribution in [1.29, 1.82) is 0 Å². The number of benzene rings is 1. The van der Waals surface area contributed by atoms with Crippen molar-refractivity contribution in [1.82, 2.24) is 4.90 Å². The van der Waals surface area contributed by atoms with Gasteiger partial charge in [0, 0.05) is 23.8 Å². The van der Waals surface area contributed by atoms with Gasteiger partial charge in [-0.15, -0.1) is 0 Å². The molecule has 1 aromatic rings. The zero-order chi connectivity index (χ0) is 14.5. The van der Waals surface area contributed by atoms with Crippen LogP contribution in [0.2, 0.25) is 0 Å². The molecule has 2 unspecified atom stereocenters. The molecule has 1 aliphatic rings. The van der Waals surface area contributed by atoms with Gasteiger partial charge in [-0.25, -0.2) is 0 Å². The predicted molar refractivity (Wildman–Crippen MR) is 84.9 cm³/mol. The highest BCUT2D eigenvalue weighted by molar-refractivity contribution is 5.47. The van der Waals surface area contributed by atoms with Gasteiger partial charge < -0.3 is 10.5 Å². The first-order valence-corrected chi connectivity index (χ1v) is 7.83. The molecule has 1 saturated carbocycles. The molecule has 2 atom stereocenters. The summed E-state index contributed by atoms with van der Waals surface area (Å²) < 4.78 is 5.72. The topological polar surface area (TPSA) is 38.5 Å². The molecule has 0 spiro atoms. The Labute approximate surface area is 123 Å². The Balaban J connectivity index is 2.09. The summed E-state index contributed by atoms with van der Waals surface area (Å²) in [5.41, 5.74) is 7.95. The average molecular weight is 276 g/mol. The number of ether oxygens (including phenoxy) is 1. The van der Waals surface area contributed by atoms with E-state index in [9.17, 15) is 0 Å². The van der Waals surface area contributed by atoms with E-state index in [1.807, 2.05) is 19.1 Å². The number of anilines is 1. The Morgan fingerprint density at radius 3 is 2.75 bits per heavy atom. The highest BCUT2D eigenvalue weighted by Crippen LogP contribution is 2.30. The normalized spacial score (nSPS) is 23.0. The molecule has 0 aromatic heterocycles. The summed E-state index contributed by atoms with van der Waals surface area (Å²) in [6.45, 7) is 6.01. The minimum Gasteiger partial charge on any atom is -0.494 e. The molecule has 3 heteroatoms. The monoisotopic (exact) mass is 276 g/mol. The molecular weight excluding hydrogens is 248 g/mol. The highest BCUT2D eigenvalue weighted by atomic mass is 16.5. The largest absolute Gasteiger partial charge is 0.494 e. The van der Waals surface area contributed by atoms with E-state index in [1.54, 1.807) is 0 Å². The lowest BCUT2D eigenvalue weighted by atomic mass is 9.85. The molecule has 0 bridgehead atoms. The van der Waals surface area contributed by atoms with Crippen molar-refractivity contribution in [2.24, 2.45) is 5.92 Å². The van der Waals surface area contributed by atoms with Crippen LogP contribution in [0.3, 0.4) is 0 Å². The van der Waals surface area contributed by atoms with Crippen LogP contribution >= 0.6 is 0 Å². The van der Waals surface area contributed by atoms with E-state index >= 15 is 0 Å². The van der Waals surface area contributed by atoms with Gasteiger partial charge in [0.1, 0.15) is 5.75 Å². The number of hydrogen-bond acceptors (Lipinski definition) is 3. The third kappa shape index (κ3) is 3.66. The zero-order valence-corrected chi connectivity index (χ0v) is 13.1. The predicted octanol–water partition coefficient (Wildman–Crippen LogP) is 3.68. The molecule has 112 valence electrons. The number of nitrogens with zero attached hydrogens (tertiary/aromatic N) is 1. The summed E-state index contributed by atoms with van der Waals surface area (Å²) in [7, 11) is 2.23. The van der Waals surface area contributed by atoms with E-state index in [-0.39, 0.29) is 0 Å². The van der Waals surface area contributed by atoms with Gasteiger partial charge in [-0.3, -0.25) is 4.90 Å². The molecule has 3 nitrogen and oxygen atoms in total. The van der Waals surface area contributed by atoms with Crippen LogP contribution in [0, 0.1) is 5.92 Å². The van der Waals surface area contributed by atoms with Crippen molar-refractivity contribution in [3.63, 3.8) is 0 Å². The fourth-order valence-electron chi connectivity index (χ4n) is 3.36. The molecule has 1 aromatic carbocycles. The standard InChI is InChI=1S/C17H28N2O/c1-4-20-17-10-9-15(18)11-14(17)12-19(3)16-8-6-5-7-13(16)2/h9-11,13,16H,4-8,12,18H2,1-3H3. The molecule has 2 rings (SSSR count). The van der Waals surface area contributed by atoms with E-state index in [2.05, 4.69) is 24.9 Å². The molecule has 0 radical (unpaired) electrons. The van der Waals surface area contributed by atoms with E-state index in [0.29, 0.717) is 12.6 Å². The molecule has 1 fully saturated rings. The lowest BCUT2D eigenvalue weighted by molar-refractivity contribution is 0.132. The van der Waals surface area contributed by atoms with E-state index in [0.717, 1.165) is 23.9 Å². The van der Waals surface area contributed by atoms with Crippen LogP contribution in [0.5, 0.6) is 5.75 Å². The number of rotatable bonds is 5. The third-order valence-corrected chi connectivity index (χ3v) is 4.44. The van der Waals surface area contributed by atoms with Crippen LogP contribution in [0.4, 0.5) is 5.69 Å². The molecular formula is C17H28N2O. The third-order valence-electron chi connectivity index (χ3n) is 4.44. The molecule has 1 aliphatic carbocycles. The minimum absolute atomic E-state index is 0.680. The molecule has 0 amide bonds. The number of nitrogens with two attached hydrogens (primary N) is 1. The summed E-state index contributed by atoms with van der Waals surface area (Å²) in [6, 6.07) is 6.64. The minimum atomic E-state index is 0.680. The summed E-state index contributed by atoms with van der Waals surface area (Å²) >= 11 is 0. The number of hydrogen-bond donors (Lipinski definition) is 1. The molecule has 0 saturated heterocycles. The lowest BCUT2D eigenvalue weighted by Crippen LogP contribution is -2.38. The van der Waals surface area contributed by atoms with Crippen molar-refractivity contribution in [2.45, 2.75) is 52.1 Å². The fraction of sp³-hybridized carbons (Fsp3) is 0.647. The van der Waals surface area contributed by atoms with E-state index in [4.69, 9.17) is 10.5 Å². The van der Waals surface area contributed by atoms with Crippen molar-refractivity contribution < 1.29 is 4.74 Å². The van der Waals surface area contributed by atoms with Gasteiger partial charge in [0.15, 0.2) is 0 Å². The molecule has 0 heterocycles. The van der Waals surface area contributed by atoms with Crippen molar-refractivity contribution in [3.8, 4) is 5.75 Å². The van der Waals surface area contributed by atoms with Gasteiger partial charge in [-0.2, -0.15) is 0 Å². The van der Waals surface area contributed by atoms with Crippen LogP contribution in [0.1, 0.15) is 45.1 Å². The first-order valence-electron chi connectivity index (χ1n) is 7.83. The Bertz CT molecular complexity index is 433. The van der Waals surface area contributed by atoms with Crippen molar-refractivity contribution in [2.75, 3.05) is 19.4 Å². The Hall–Kier alpha value is -1.22. The Kier molecular flexibility index (Phi) is 5.30. The second-order valence-corrected chi connectivity index (χ2v) is 6.04. The van der Waals surface area contributed by atoms with Gasteiger partial charge in [-0.1, -0.05) is 19.8 Å². The maximum absolute atomic E-state index is 5.93. The summed E-state index contributed by atoms with van der Waals surface area (Å²) in [5, 5.41) is 0. The maximum atomic E-state index is 5.93. The quantitative estimate of drug-likeness (QED) is 0.834. The highest BCUT2D eigenvalue weighted by Gasteiger charge is 2.25. The zero-order valence-electron chi connectivity index (χ0n) is 13.1. The Morgan fingerprint density at radius 2 is 2.05 bits per heavy atom. The van der Waals surface area contributed by atoms with Gasteiger partial charge in [0.25, 0.3) is 0 Å². The first kappa shape index (κ1) is 15.2. The molecule has 0 aliphatic heterocycles. The maximum Gasteiger partial charge on any atom is 0.123 e. The van der Waals surface area contributed by atoms with Crippen molar-refractivity contribution >= 4 is 5.69 Å². The van der Waals surface area contributed by atoms with Crippen molar-refractivity contribution in [3.05, 3.63) is 23.8 Å². The van der Waals surface area contributed by atoms with Crippen LogP contribution in [-0.2, 0) is 6.54 Å². The van der Waals surface area contributed by atoms with Crippen LogP contribution in [0.25, 0.3) is 0 Å².